The van der Waals surface area contributed by atoms with Crippen molar-refractivity contribution in [2.24, 2.45) is 0 Å². The van der Waals surface area contributed by atoms with E-state index >= 15 is 0 Å². The molecule has 1 aliphatic rings. The van der Waals surface area contributed by atoms with Crippen LogP contribution < -0.4 is 5.73 Å². The molecule has 98 valence electrons. The van der Waals surface area contributed by atoms with Gasteiger partial charge in [0.15, 0.2) is 0 Å². The molecule has 0 saturated carbocycles. The standard InChI is InChI=1S/C15H14BrFN2/c16-15-4-2-13(17)5-12(15)9-19-7-10-1-3-14(18)6-11(10)8-19/h1-6H,7-9,18H2. The second-order valence-electron chi connectivity index (χ2n) is 4.91. The molecule has 0 aromatic heterocycles. The number of rotatable bonds is 2. The zero-order chi connectivity index (χ0) is 13.4. The summed E-state index contributed by atoms with van der Waals surface area (Å²) in [5.41, 5.74) is 10.1. The van der Waals surface area contributed by atoms with E-state index in [1.807, 2.05) is 12.1 Å². The van der Waals surface area contributed by atoms with Crippen LogP contribution in [0.15, 0.2) is 40.9 Å². The number of nitrogens with two attached hydrogens (primary N) is 1. The highest BCUT2D eigenvalue weighted by Crippen LogP contribution is 2.28. The molecule has 2 N–H and O–H groups in total. The smallest absolute Gasteiger partial charge is 0.123 e. The van der Waals surface area contributed by atoms with Crippen LogP contribution in [0.5, 0.6) is 0 Å². The third kappa shape index (κ3) is 2.65. The summed E-state index contributed by atoms with van der Waals surface area (Å²) in [4.78, 5) is 2.28. The Bertz CT molecular complexity index is 628. The summed E-state index contributed by atoms with van der Waals surface area (Å²) in [6.07, 6.45) is 0. The second-order valence-corrected chi connectivity index (χ2v) is 5.76. The third-order valence-electron chi connectivity index (χ3n) is 3.42. The molecule has 1 heterocycles. The first-order valence-corrected chi connectivity index (χ1v) is 6.95. The van der Waals surface area contributed by atoms with E-state index in [1.165, 1.54) is 17.2 Å². The van der Waals surface area contributed by atoms with Gasteiger partial charge >= 0.3 is 0 Å². The van der Waals surface area contributed by atoms with Crippen LogP contribution in [0.4, 0.5) is 10.1 Å². The molecule has 0 saturated heterocycles. The Morgan fingerprint density at radius 3 is 2.74 bits per heavy atom. The molecule has 0 bridgehead atoms. The van der Waals surface area contributed by atoms with Crippen molar-refractivity contribution in [3.05, 3.63) is 63.4 Å². The van der Waals surface area contributed by atoms with Gasteiger partial charge in [-0.1, -0.05) is 22.0 Å². The minimum atomic E-state index is -0.195. The van der Waals surface area contributed by atoms with Crippen LogP contribution in [0.3, 0.4) is 0 Å². The Labute approximate surface area is 120 Å². The van der Waals surface area contributed by atoms with E-state index in [1.54, 1.807) is 12.1 Å². The second kappa shape index (κ2) is 4.94. The average molecular weight is 321 g/mol. The molecule has 0 amide bonds. The minimum Gasteiger partial charge on any atom is -0.399 e. The maximum Gasteiger partial charge on any atom is 0.123 e. The zero-order valence-electron chi connectivity index (χ0n) is 10.4. The fourth-order valence-electron chi connectivity index (χ4n) is 2.50. The molecule has 0 fully saturated rings. The van der Waals surface area contributed by atoms with Crippen LogP contribution in [0.25, 0.3) is 0 Å². The van der Waals surface area contributed by atoms with Crippen molar-refractivity contribution in [2.75, 3.05) is 5.73 Å². The van der Waals surface area contributed by atoms with Crippen molar-refractivity contribution < 1.29 is 4.39 Å². The van der Waals surface area contributed by atoms with Gasteiger partial charge in [-0.25, -0.2) is 4.39 Å². The molecule has 19 heavy (non-hydrogen) atoms. The van der Waals surface area contributed by atoms with E-state index in [2.05, 4.69) is 26.9 Å². The fourth-order valence-corrected chi connectivity index (χ4v) is 2.87. The lowest BCUT2D eigenvalue weighted by Gasteiger charge is -2.15. The Balaban J connectivity index is 1.78. The van der Waals surface area contributed by atoms with Crippen LogP contribution in [-0.4, -0.2) is 4.90 Å². The monoisotopic (exact) mass is 320 g/mol. The zero-order valence-corrected chi connectivity index (χ0v) is 12.0. The molecule has 0 radical (unpaired) electrons. The van der Waals surface area contributed by atoms with Crippen LogP contribution in [0.1, 0.15) is 16.7 Å². The van der Waals surface area contributed by atoms with Crippen molar-refractivity contribution in [3.8, 4) is 0 Å². The number of benzene rings is 2. The molecule has 2 aromatic rings. The van der Waals surface area contributed by atoms with Gasteiger partial charge in [0.2, 0.25) is 0 Å². The SMILES string of the molecule is Nc1ccc2c(c1)CN(Cc1cc(F)ccc1Br)C2. The van der Waals surface area contributed by atoms with Gasteiger partial charge in [-0.3, -0.25) is 4.90 Å². The predicted octanol–water partition coefficient (Wildman–Crippen LogP) is 3.69. The van der Waals surface area contributed by atoms with Gasteiger partial charge in [0.05, 0.1) is 0 Å². The molecular formula is C15H14BrFN2. The number of halogens is 2. The van der Waals surface area contributed by atoms with Gasteiger partial charge in [-0.2, -0.15) is 0 Å². The normalized spacial score (nSPS) is 14.6. The van der Waals surface area contributed by atoms with Crippen molar-refractivity contribution in [3.63, 3.8) is 0 Å². The summed E-state index contributed by atoms with van der Waals surface area (Å²) in [6, 6.07) is 10.8. The van der Waals surface area contributed by atoms with E-state index in [-0.39, 0.29) is 5.82 Å². The van der Waals surface area contributed by atoms with Gasteiger partial charge in [0.25, 0.3) is 0 Å². The van der Waals surface area contributed by atoms with E-state index in [0.29, 0.717) is 0 Å². The molecule has 0 aliphatic carbocycles. The molecule has 4 heteroatoms. The molecule has 0 unspecified atom stereocenters. The number of nitrogen functional groups attached to an aromatic ring is 1. The lowest BCUT2D eigenvalue weighted by atomic mass is 10.1. The maximum atomic E-state index is 13.3. The molecule has 3 rings (SSSR count). The quantitative estimate of drug-likeness (QED) is 0.855. The summed E-state index contributed by atoms with van der Waals surface area (Å²) < 4.78 is 14.2. The molecule has 0 atom stereocenters. The first-order valence-electron chi connectivity index (χ1n) is 6.15. The van der Waals surface area contributed by atoms with E-state index < -0.39 is 0 Å². The highest BCUT2D eigenvalue weighted by atomic mass is 79.9. The summed E-state index contributed by atoms with van der Waals surface area (Å²) in [6.45, 7) is 2.48. The topological polar surface area (TPSA) is 29.3 Å². The number of fused-ring (bicyclic) bond motifs is 1. The summed E-state index contributed by atoms with van der Waals surface area (Å²) >= 11 is 3.47. The molecule has 2 nitrogen and oxygen atoms in total. The summed E-state index contributed by atoms with van der Waals surface area (Å²) in [5, 5.41) is 0. The van der Waals surface area contributed by atoms with Gasteiger partial charge in [-0.05, 0) is 47.0 Å². The average Bonchev–Trinajstić information content (AvgIpc) is 2.75. The fraction of sp³-hybridized carbons (Fsp3) is 0.200. The number of hydrogen-bond acceptors (Lipinski definition) is 2. The molecule has 0 spiro atoms. The molecule has 2 aromatic carbocycles. The lowest BCUT2D eigenvalue weighted by Crippen LogP contribution is -2.16. The van der Waals surface area contributed by atoms with Gasteiger partial charge in [0, 0.05) is 29.8 Å². The predicted molar refractivity (Wildman–Crippen MR) is 77.9 cm³/mol. The summed E-state index contributed by atoms with van der Waals surface area (Å²) in [5.74, 6) is -0.195. The van der Waals surface area contributed by atoms with E-state index in [0.717, 1.165) is 35.4 Å². The van der Waals surface area contributed by atoms with Crippen molar-refractivity contribution >= 4 is 21.6 Å². The Hall–Kier alpha value is -1.39. The van der Waals surface area contributed by atoms with Crippen LogP contribution >= 0.6 is 15.9 Å². The first kappa shape index (κ1) is 12.6. The minimum absolute atomic E-state index is 0.195. The maximum absolute atomic E-state index is 13.3. The first-order chi connectivity index (χ1) is 9.11. The highest BCUT2D eigenvalue weighted by molar-refractivity contribution is 9.10. The van der Waals surface area contributed by atoms with Crippen LogP contribution in [0, 0.1) is 5.82 Å². The van der Waals surface area contributed by atoms with Crippen LogP contribution in [-0.2, 0) is 19.6 Å². The van der Waals surface area contributed by atoms with Crippen molar-refractivity contribution in [1.29, 1.82) is 0 Å². The van der Waals surface area contributed by atoms with Gasteiger partial charge < -0.3 is 5.73 Å². The van der Waals surface area contributed by atoms with Gasteiger partial charge in [0.1, 0.15) is 5.82 Å². The van der Waals surface area contributed by atoms with E-state index in [4.69, 9.17) is 5.73 Å². The van der Waals surface area contributed by atoms with Crippen molar-refractivity contribution in [2.45, 2.75) is 19.6 Å². The van der Waals surface area contributed by atoms with E-state index in [9.17, 15) is 4.39 Å². The Morgan fingerprint density at radius 1 is 1.11 bits per heavy atom. The molecule has 1 aliphatic heterocycles. The Morgan fingerprint density at radius 2 is 1.89 bits per heavy atom. The number of nitrogens with zero attached hydrogens (tertiary/aromatic N) is 1. The van der Waals surface area contributed by atoms with Crippen molar-refractivity contribution in [1.82, 2.24) is 4.90 Å². The number of anilines is 1. The van der Waals surface area contributed by atoms with Crippen LogP contribution in [0.2, 0.25) is 0 Å². The van der Waals surface area contributed by atoms with Gasteiger partial charge in [-0.15, -0.1) is 0 Å². The number of hydrogen-bond donors (Lipinski definition) is 1. The third-order valence-corrected chi connectivity index (χ3v) is 4.19. The summed E-state index contributed by atoms with van der Waals surface area (Å²) in [7, 11) is 0. The highest BCUT2D eigenvalue weighted by Gasteiger charge is 2.19. The Kier molecular flexibility index (Phi) is 3.29. The lowest BCUT2D eigenvalue weighted by molar-refractivity contribution is 0.274. The molecular weight excluding hydrogens is 307 g/mol. The largest absolute Gasteiger partial charge is 0.399 e.